The van der Waals surface area contributed by atoms with Crippen LogP contribution >= 0.6 is 0 Å². The quantitative estimate of drug-likeness (QED) is 0.437. The molecule has 2 atom stereocenters. The van der Waals surface area contributed by atoms with Crippen LogP contribution in [0.3, 0.4) is 0 Å². The van der Waals surface area contributed by atoms with Crippen LogP contribution < -0.4 is 14.8 Å². The van der Waals surface area contributed by atoms with Crippen LogP contribution in [0.1, 0.15) is 56.2 Å². The summed E-state index contributed by atoms with van der Waals surface area (Å²) in [5.74, 6) is 1.34. The Morgan fingerprint density at radius 3 is 2.69 bits per heavy atom. The van der Waals surface area contributed by atoms with Crippen LogP contribution in [0.25, 0.3) is 6.08 Å². The monoisotopic (exact) mass is 432 g/mol. The molecule has 1 fully saturated rings. The van der Waals surface area contributed by atoms with Crippen molar-refractivity contribution in [1.29, 1.82) is 5.26 Å². The largest absolute Gasteiger partial charge is 0.490 e. The van der Waals surface area contributed by atoms with E-state index >= 15 is 0 Å². The first-order valence-corrected chi connectivity index (χ1v) is 11.4. The molecule has 0 radical (unpaired) electrons. The predicted molar refractivity (Wildman–Crippen MR) is 126 cm³/mol. The molecule has 1 amide bonds. The molecular weight excluding hydrogens is 400 g/mol. The molecule has 168 valence electrons. The number of nitrogens with zero attached hydrogens (tertiary/aromatic N) is 1. The van der Waals surface area contributed by atoms with Gasteiger partial charge in [0.15, 0.2) is 11.5 Å². The highest BCUT2D eigenvalue weighted by atomic mass is 16.5. The fourth-order valence-corrected chi connectivity index (χ4v) is 4.06. The second-order valence-electron chi connectivity index (χ2n) is 8.43. The number of carbonyl (C=O) groups excluding carboxylic acids is 1. The lowest BCUT2D eigenvalue weighted by Crippen LogP contribution is -2.41. The van der Waals surface area contributed by atoms with E-state index in [2.05, 4.69) is 18.3 Å². The predicted octanol–water partition coefficient (Wildman–Crippen LogP) is 5.57. The Bertz CT molecular complexity index is 1010. The van der Waals surface area contributed by atoms with Crippen molar-refractivity contribution in [3.8, 4) is 17.6 Å². The van der Waals surface area contributed by atoms with Crippen LogP contribution in [0, 0.1) is 24.2 Å². The lowest BCUT2D eigenvalue weighted by molar-refractivity contribution is -0.118. The van der Waals surface area contributed by atoms with Gasteiger partial charge in [0.05, 0.1) is 6.61 Å². The van der Waals surface area contributed by atoms with Crippen LogP contribution in [-0.2, 0) is 11.4 Å². The molecule has 3 rings (SSSR count). The van der Waals surface area contributed by atoms with E-state index < -0.39 is 0 Å². The van der Waals surface area contributed by atoms with Gasteiger partial charge in [-0.25, -0.2) is 0 Å². The maximum Gasteiger partial charge on any atom is 0.262 e. The normalized spacial score (nSPS) is 18.5. The molecule has 0 bridgehead atoms. The average molecular weight is 433 g/mol. The van der Waals surface area contributed by atoms with Gasteiger partial charge in [-0.3, -0.25) is 4.79 Å². The van der Waals surface area contributed by atoms with Crippen LogP contribution in [0.4, 0.5) is 0 Å². The summed E-state index contributed by atoms with van der Waals surface area (Å²) >= 11 is 0. The van der Waals surface area contributed by atoms with Gasteiger partial charge in [0, 0.05) is 6.04 Å². The number of hydrogen-bond donors (Lipinski definition) is 1. The number of amides is 1. The Hall–Kier alpha value is -3.26. The number of nitrogens with one attached hydrogen (secondary N) is 1. The van der Waals surface area contributed by atoms with Crippen LogP contribution in [0.5, 0.6) is 11.5 Å². The van der Waals surface area contributed by atoms with E-state index in [1.54, 1.807) is 6.08 Å². The van der Waals surface area contributed by atoms with Crippen LogP contribution in [-0.4, -0.2) is 18.6 Å². The van der Waals surface area contributed by atoms with E-state index in [-0.39, 0.29) is 17.5 Å². The Balaban J connectivity index is 1.74. The molecule has 0 unspecified atom stereocenters. The van der Waals surface area contributed by atoms with Gasteiger partial charge in [0.25, 0.3) is 5.91 Å². The number of aryl methyl sites for hydroxylation is 1. The van der Waals surface area contributed by atoms with Crippen molar-refractivity contribution in [1.82, 2.24) is 5.32 Å². The number of carbonyl (C=O) groups is 1. The molecular formula is C27H32N2O3. The first-order chi connectivity index (χ1) is 15.5. The summed E-state index contributed by atoms with van der Waals surface area (Å²) in [6.45, 7) is 7.03. The number of ether oxygens (including phenoxy) is 2. The molecule has 32 heavy (non-hydrogen) atoms. The Morgan fingerprint density at radius 2 is 1.97 bits per heavy atom. The molecule has 0 saturated heterocycles. The van der Waals surface area contributed by atoms with Crippen molar-refractivity contribution < 1.29 is 14.3 Å². The highest BCUT2D eigenvalue weighted by Crippen LogP contribution is 2.30. The third-order valence-corrected chi connectivity index (χ3v) is 5.85. The second-order valence-corrected chi connectivity index (χ2v) is 8.43. The molecule has 5 nitrogen and oxygen atoms in total. The highest BCUT2D eigenvalue weighted by Gasteiger charge is 2.24. The Morgan fingerprint density at radius 1 is 1.16 bits per heavy atom. The van der Waals surface area contributed by atoms with Crippen molar-refractivity contribution in [2.75, 3.05) is 6.61 Å². The summed E-state index contributed by atoms with van der Waals surface area (Å²) in [7, 11) is 0. The molecule has 0 spiro atoms. The number of nitriles is 1. The van der Waals surface area contributed by atoms with Gasteiger partial charge in [-0.15, -0.1) is 0 Å². The highest BCUT2D eigenvalue weighted by molar-refractivity contribution is 6.01. The maximum absolute atomic E-state index is 12.7. The average Bonchev–Trinajstić information content (AvgIpc) is 2.78. The molecule has 2 aromatic carbocycles. The topological polar surface area (TPSA) is 71.3 Å². The van der Waals surface area contributed by atoms with E-state index in [9.17, 15) is 10.1 Å². The molecule has 1 aliphatic carbocycles. The zero-order valence-electron chi connectivity index (χ0n) is 19.2. The fraction of sp³-hybridized carbons (Fsp3) is 0.407. The number of benzene rings is 2. The van der Waals surface area contributed by atoms with Gasteiger partial charge in [-0.2, -0.15) is 5.26 Å². The zero-order chi connectivity index (χ0) is 22.9. The van der Waals surface area contributed by atoms with Crippen molar-refractivity contribution >= 4 is 12.0 Å². The summed E-state index contributed by atoms with van der Waals surface area (Å²) in [5.41, 5.74) is 3.08. The van der Waals surface area contributed by atoms with Gasteiger partial charge in [-0.1, -0.05) is 55.7 Å². The molecule has 1 aliphatic rings. The molecule has 1 N–H and O–H groups in total. The Labute approximate surface area is 191 Å². The number of rotatable bonds is 8. The molecule has 0 aliphatic heterocycles. The summed E-state index contributed by atoms with van der Waals surface area (Å²) in [5, 5.41) is 12.6. The summed E-state index contributed by atoms with van der Waals surface area (Å²) in [4.78, 5) is 12.7. The van der Waals surface area contributed by atoms with Gasteiger partial charge < -0.3 is 14.8 Å². The van der Waals surface area contributed by atoms with Gasteiger partial charge in [0.2, 0.25) is 0 Å². The van der Waals surface area contributed by atoms with E-state index in [4.69, 9.17) is 9.47 Å². The minimum Gasteiger partial charge on any atom is -0.490 e. The smallest absolute Gasteiger partial charge is 0.262 e. The Kier molecular flexibility index (Phi) is 8.33. The fourth-order valence-electron chi connectivity index (χ4n) is 4.06. The summed E-state index contributed by atoms with van der Waals surface area (Å²) in [6.07, 6.45) is 6.00. The second kappa shape index (κ2) is 11.4. The number of hydrogen-bond acceptors (Lipinski definition) is 4. The summed E-state index contributed by atoms with van der Waals surface area (Å²) in [6, 6.07) is 15.8. The van der Waals surface area contributed by atoms with E-state index in [0.29, 0.717) is 30.6 Å². The SMILES string of the molecule is CCOc1cc(/C=C(\C#N)C(=O)N[C@H]2CCCC[C@@H]2C)ccc1OCc1cccc(C)c1. The maximum atomic E-state index is 12.7. The van der Waals surface area contributed by atoms with Crippen molar-refractivity contribution in [3.63, 3.8) is 0 Å². The first kappa shape index (κ1) is 23.4. The first-order valence-electron chi connectivity index (χ1n) is 11.4. The van der Waals surface area contributed by atoms with E-state index in [1.807, 2.05) is 56.3 Å². The van der Waals surface area contributed by atoms with Gasteiger partial charge in [-0.05, 0) is 61.9 Å². The van der Waals surface area contributed by atoms with Crippen molar-refractivity contribution in [3.05, 3.63) is 64.7 Å². The van der Waals surface area contributed by atoms with Gasteiger partial charge in [0.1, 0.15) is 18.2 Å². The lowest BCUT2D eigenvalue weighted by atomic mass is 9.86. The molecule has 1 saturated carbocycles. The molecule has 5 heteroatoms. The van der Waals surface area contributed by atoms with E-state index in [0.717, 1.165) is 30.4 Å². The molecule has 0 heterocycles. The third-order valence-electron chi connectivity index (χ3n) is 5.85. The third kappa shape index (κ3) is 6.37. The van der Waals surface area contributed by atoms with Crippen molar-refractivity contribution in [2.24, 2.45) is 5.92 Å². The summed E-state index contributed by atoms with van der Waals surface area (Å²) < 4.78 is 11.8. The zero-order valence-corrected chi connectivity index (χ0v) is 19.2. The van der Waals surface area contributed by atoms with Crippen LogP contribution in [0.15, 0.2) is 48.0 Å². The van der Waals surface area contributed by atoms with Crippen molar-refractivity contribution in [2.45, 2.75) is 59.1 Å². The molecule has 2 aromatic rings. The minimum atomic E-state index is -0.316. The minimum absolute atomic E-state index is 0.0960. The standard InChI is InChI=1S/C27H32N2O3/c1-4-31-26-16-21(12-13-25(26)32-18-22-10-7-8-19(2)14-22)15-23(17-28)27(30)29-24-11-6-5-9-20(24)3/h7-8,10,12-16,20,24H,4-6,9,11,18H2,1-3H3,(H,29,30)/b23-15+/t20-,24-/m0/s1. The van der Waals surface area contributed by atoms with Gasteiger partial charge >= 0.3 is 0 Å². The lowest BCUT2D eigenvalue weighted by Gasteiger charge is -2.29. The van der Waals surface area contributed by atoms with Crippen LogP contribution in [0.2, 0.25) is 0 Å². The molecule has 0 aromatic heterocycles. The van der Waals surface area contributed by atoms with E-state index in [1.165, 1.54) is 12.0 Å².